The molecule has 0 fully saturated rings. The topological polar surface area (TPSA) is 43.2 Å². The van der Waals surface area contributed by atoms with Crippen molar-refractivity contribution in [3.05, 3.63) is 98.2 Å². The van der Waals surface area contributed by atoms with Crippen LogP contribution in [-0.4, -0.2) is 11.9 Å². The number of rotatable bonds is 6. The van der Waals surface area contributed by atoms with Crippen molar-refractivity contribution >= 4 is 45.0 Å². The molecule has 1 aromatic heterocycles. The van der Waals surface area contributed by atoms with Gasteiger partial charge < -0.3 is 5.32 Å². The molecule has 0 radical (unpaired) electrons. The van der Waals surface area contributed by atoms with E-state index in [1.807, 2.05) is 67.6 Å². The van der Waals surface area contributed by atoms with Crippen molar-refractivity contribution in [2.45, 2.75) is 25.3 Å². The van der Waals surface area contributed by atoms with Crippen LogP contribution in [0, 0.1) is 0 Å². The van der Waals surface area contributed by atoms with Gasteiger partial charge in [-0.2, -0.15) is 0 Å². The van der Waals surface area contributed by atoms with Crippen molar-refractivity contribution in [3.63, 3.8) is 0 Å². The molecule has 0 saturated heterocycles. The third-order valence-corrected chi connectivity index (χ3v) is 5.83. The Hall–Kier alpha value is -1.88. The highest BCUT2D eigenvalue weighted by atomic mass is 79.9. The highest BCUT2D eigenvalue weighted by Crippen LogP contribution is 2.27. The summed E-state index contributed by atoms with van der Waals surface area (Å²) in [7, 11) is 0. The smallest absolute Gasteiger partial charge is 0.317 e. The largest absolute Gasteiger partial charge is 0.344 e. The first-order valence-corrected chi connectivity index (χ1v) is 10.5. The van der Waals surface area contributed by atoms with E-state index in [0.717, 1.165) is 22.0 Å². The SMILES string of the molecule is C[C@@H](NC(=O)c1[nH+]cccc1Br)[C@H](Cc1ccc(Cl)cc1)c1ccc(Cl)cc1. The lowest BCUT2D eigenvalue weighted by Crippen LogP contribution is -2.40. The molecule has 2 aromatic carbocycles. The molecular weight excluding hydrogens is 459 g/mol. The maximum Gasteiger partial charge on any atom is 0.317 e. The minimum atomic E-state index is -0.157. The van der Waals surface area contributed by atoms with Crippen LogP contribution < -0.4 is 10.3 Å². The first kappa shape index (κ1) is 20.8. The summed E-state index contributed by atoms with van der Waals surface area (Å²) in [6.45, 7) is 2.02. The normalized spacial score (nSPS) is 13.0. The van der Waals surface area contributed by atoms with Crippen molar-refractivity contribution in [2.75, 3.05) is 0 Å². The number of aromatic amines is 1. The minimum Gasteiger partial charge on any atom is -0.344 e. The number of halogens is 3. The Morgan fingerprint density at radius 1 is 1.04 bits per heavy atom. The molecule has 0 aliphatic heterocycles. The van der Waals surface area contributed by atoms with E-state index in [2.05, 4.69) is 26.2 Å². The highest BCUT2D eigenvalue weighted by molar-refractivity contribution is 9.10. The van der Waals surface area contributed by atoms with E-state index in [1.54, 1.807) is 6.20 Å². The van der Waals surface area contributed by atoms with Gasteiger partial charge in [0, 0.05) is 28.1 Å². The Morgan fingerprint density at radius 2 is 1.64 bits per heavy atom. The lowest BCUT2D eigenvalue weighted by Gasteiger charge is -2.25. The molecule has 2 atom stereocenters. The summed E-state index contributed by atoms with van der Waals surface area (Å²) >= 11 is 15.5. The lowest BCUT2D eigenvalue weighted by atomic mass is 9.86. The van der Waals surface area contributed by atoms with Crippen LogP contribution in [0.4, 0.5) is 0 Å². The molecule has 0 aliphatic rings. The Balaban J connectivity index is 1.84. The number of aromatic nitrogens is 1. The molecule has 0 aliphatic carbocycles. The summed E-state index contributed by atoms with van der Waals surface area (Å²) in [6, 6.07) is 19.1. The Morgan fingerprint density at radius 3 is 2.25 bits per heavy atom. The quantitative estimate of drug-likeness (QED) is 0.484. The number of benzene rings is 2. The monoisotopic (exact) mass is 477 g/mol. The maximum absolute atomic E-state index is 12.8. The molecule has 3 aromatic rings. The van der Waals surface area contributed by atoms with E-state index in [4.69, 9.17) is 23.2 Å². The zero-order chi connectivity index (χ0) is 20.1. The first-order valence-electron chi connectivity index (χ1n) is 8.91. The number of hydrogen-bond acceptors (Lipinski definition) is 1. The molecular formula is C22H20BrCl2N2O+. The van der Waals surface area contributed by atoms with Crippen LogP contribution in [0.25, 0.3) is 0 Å². The van der Waals surface area contributed by atoms with E-state index in [1.165, 1.54) is 0 Å². The molecule has 3 rings (SSSR count). The van der Waals surface area contributed by atoms with Gasteiger partial charge >= 0.3 is 5.91 Å². The summed E-state index contributed by atoms with van der Waals surface area (Å²) in [5.74, 6) is -0.0834. The second-order valence-corrected chi connectivity index (χ2v) is 8.37. The van der Waals surface area contributed by atoms with Gasteiger partial charge in [-0.15, -0.1) is 0 Å². The van der Waals surface area contributed by atoms with E-state index in [9.17, 15) is 4.79 Å². The highest BCUT2D eigenvalue weighted by Gasteiger charge is 2.25. The third-order valence-electron chi connectivity index (χ3n) is 4.66. The second kappa shape index (κ2) is 9.55. The fraction of sp³-hybridized carbons (Fsp3) is 0.182. The van der Waals surface area contributed by atoms with Gasteiger partial charge in [0.2, 0.25) is 0 Å². The van der Waals surface area contributed by atoms with E-state index < -0.39 is 0 Å². The fourth-order valence-electron chi connectivity index (χ4n) is 3.14. The molecule has 3 nitrogen and oxygen atoms in total. The van der Waals surface area contributed by atoms with Crippen molar-refractivity contribution in [2.24, 2.45) is 0 Å². The molecule has 2 N–H and O–H groups in total. The van der Waals surface area contributed by atoms with E-state index >= 15 is 0 Å². The van der Waals surface area contributed by atoms with Gasteiger partial charge in [0.15, 0.2) is 6.20 Å². The van der Waals surface area contributed by atoms with Crippen LogP contribution in [0.3, 0.4) is 0 Å². The molecule has 144 valence electrons. The number of H-pyrrole nitrogens is 1. The number of carbonyl (C=O) groups excluding carboxylic acids is 1. The summed E-state index contributed by atoms with van der Waals surface area (Å²) in [4.78, 5) is 15.7. The van der Waals surface area contributed by atoms with Gasteiger partial charge in [-0.05, 0) is 70.7 Å². The Bertz CT molecular complexity index is 946. The second-order valence-electron chi connectivity index (χ2n) is 6.64. The molecule has 1 heterocycles. The first-order chi connectivity index (χ1) is 13.4. The Labute approximate surface area is 183 Å². The molecule has 0 bridgehead atoms. The molecule has 0 saturated carbocycles. The predicted molar refractivity (Wildman–Crippen MR) is 117 cm³/mol. The Kier molecular flexibility index (Phi) is 7.11. The standard InChI is InChI=1S/C22H19BrCl2N2O/c1-14(27-22(28)21-20(23)3-2-12-26-21)19(16-6-10-18(25)11-7-16)13-15-4-8-17(24)9-5-15/h2-12,14,19H,13H2,1H3,(H,27,28)/p+1/t14-,19+/m1/s1. The molecule has 0 unspecified atom stereocenters. The van der Waals surface area contributed by atoms with Crippen LogP contribution in [0.15, 0.2) is 71.3 Å². The average molecular weight is 479 g/mol. The van der Waals surface area contributed by atoms with Crippen LogP contribution in [-0.2, 0) is 6.42 Å². The van der Waals surface area contributed by atoms with Crippen molar-refractivity contribution in [3.8, 4) is 0 Å². The van der Waals surface area contributed by atoms with Crippen LogP contribution in [0.1, 0.15) is 34.5 Å². The summed E-state index contributed by atoms with van der Waals surface area (Å²) < 4.78 is 0.723. The molecule has 28 heavy (non-hydrogen) atoms. The van der Waals surface area contributed by atoms with Crippen LogP contribution in [0.5, 0.6) is 0 Å². The van der Waals surface area contributed by atoms with Crippen LogP contribution in [0.2, 0.25) is 10.0 Å². The predicted octanol–water partition coefficient (Wildman–Crippen LogP) is 5.71. The lowest BCUT2D eigenvalue weighted by molar-refractivity contribution is -0.383. The number of carbonyl (C=O) groups is 1. The number of nitrogens with one attached hydrogen (secondary N) is 2. The van der Waals surface area contributed by atoms with Crippen molar-refractivity contribution < 1.29 is 9.78 Å². The van der Waals surface area contributed by atoms with E-state index in [-0.39, 0.29) is 17.9 Å². The summed E-state index contributed by atoms with van der Waals surface area (Å²) in [5.41, 5.74) is 2.76. The van der Waals surface area contributed by atoms with Gasteiger partial charge in [0.25, 0.3) is 5.69 Å². The van der Waals surface area contributed by atoms with Gasteiger partial charge in [-0.25, -0.2) is 4.98 Å². The zero-order valence-electron chi connectivity index (χ0n) is 15.3. The fourth-order valence-corrected chi connectivity index (χ4v) is 3.84. The molecule has 0 spiro atoms. The summed E-state index contributed by atoms with van der Waals surface area (Å²) in [5, 5.41) is 4.52. The van der Waals surface area contributed by atoms with Gasteiger partial charge in [0.1, 0.15) is 0 Å². The van der Waals surface area contributed by atoms with Crippen molar-refractivity contribution in [1.29, 1.82) is 0 Å². The number of hydrogen-bond donors (Lipinski definition) is 1. The third kappa shape index (κ3) is 5.34. The maximum atomic E-state index is 12.8. The van der Waals surface area contributed by atoms with Gasteiger partial charge in [-0.3, -0.25) is 4.79 Å². The number of pyridine rings is 1. The summed E-state index contributed by atoms with van der Waals surface area (Å²) in [6.07, 6.45) is 2.49. The number of amides is 1. The molecule has 6 heteroatoms. The van der Waals surface area contributed by atoms with Crippen molar-refractivity contribution in [1.82, 2.24) is 5.32 Å². The van der Waals surface area contributed by atoms with Crippen LogP contribution >= 0.6 is 39.1 Å². The average Bonchev–Trinajstić information content (AvgIpc) is 2.68. The molecule has 1 amide bonds. The minimum absolute atomic E-state index is 0.0740. The zero-order valence-corrected chi connectivity index (χ0v) is 18.4. The van der Waals surface area contributed by atoms with Gasteiger partial charge in [-0.1, -0.05) is 47.5 Å². The van der Waals surface area contributed by atoms with Gasteiger partial charge in [0.05, 0.1) is 4.47 Å². The van der Waals surface area contributed by atoms with E-state index in [0.29, 0.717) is 15.7 Å².